The van der Waals surface area contributed by atoms with Crippen LogP contribution in [0.15, 0.2) is 48.5 Å². The van der Waals surface area contributed by atoms with E-state index < -0.39 is 0 Å². The summed E-state index contributed by atoms with van der Waals surface area (Å²) in [4.78, 5) is 12.5. The van der Waals surface area contributed by atoms with Crippen LogP contribution in [-0.2, 0) is 12.8 Å². The van der Waals surface area contributed by atoms with E-state index in [0.29, 0.717) is 0 Å². The molecular weight excluding hydrogens is 268 g/mol. The van der Waals surface area contributed by atoms with Crippen LogP contribution < -0.4 is 0 Å². The summed E-state index contributed by atoms with van der Waals surface area (Å²) in [7, 11) is 0. The van der Waals surface area contributed by atoms with E-state index in [9.17, 15) is 4.79 Å². The highest BCUT2D eigenvalue weighted by atomic mass is 16.1. The number of benzene rings is 2. The molecule has 0 saturated carbocycles. The quantitative estimate of drug-likeness (QED) is 0.457. The maximum Gasteiger partial charge on any atom is 0.193 e. The molecule has 0 amide bonds. The Kier molecular flexibility index (Phi) is 6.39. The van der Waals surface area contributed by atoms with Crippen LogP contribution in [-0.4, -0.2) is 5.78 Å². The molecule has 1 heteroatoms. The third kappa shape index (κ3) is 4.56. The molecule has 0 aromatic heterocycles. The molecule has 1 nitrogen and oxygen atoms in total. The zero-order chi connectivity index (χ0) is 15.8. The largest absolute Gasteiger partial charge is 0.289 e. The maximum absolute atomic E-state index is 12.5. The van der Waals surface area contributed by atoms with Crippen molar-refractivity contribution in [1.29, 1.82) is 0 Å². The molecule has 0 fully saturated rings. The first-order chi connectivity index (χ1) is 10.7. The lowest BCUT2D eigenvalue weighted by Gasteiger charge is -2.05. The van der Waals surface area contributed by atoms with Crippen LogP contribution in [0.3, 0.4) is 0 Å². The summed E-state index contributed by atoms with van der Waals surface area (Å²) in [5.41, 5.74) is 4.18. The van der Waals surface area contributed by atoms with E-state index in [2.05, 4.69) is 38.1 Å². The lowest BCUT2D eigenvalue weighted by molar-refractivity contribution is 0.103. The molecular formula is C21H26O. The van der Waals surface area contributed by atoms with E-state index in [1.165, 1.54) is 30.4 Å². The fraction of sp³-hybridized carbons (Fsp3) is 0.381. The van der Waals surface area contributed by atoms with Crippen molar-refractivity contribution in [2.45, 2.75) is 52.4 Å². The molecule has 0 N–H and O–H groups in total. The Morgan fingerprint density at radius 3 is 1.64 bits per heavy atom. The summed E-state index contributed by atoms with van der Waals surface area (Å²) in [5.74, 6) is 0.114. The lowest BCUT2D eigenvalue weighted by atomic mass is 9.99. The molecule has 0 unspecified atom stereocenters. The van der Waals surface area contributed by atoms with Crippen molar-refractivity contribution in [3.63, 3.8) is 0 Å². The zero-order valence-corrected chi connectivity index (χ0v) is 13.8. The standard InChI is InChI=1S/C21H26O/c1-3-5-6-8-18-11-15-20(16-12-18)21(22)19-13-9-17(7-4-2)10-14-19/h9-16H,3-8H2,1-2H3. The van der Waals surface area contributed by atoms with E-state index in [4.69, 9.17) is 0 Å². The molecule has 22 heavy (non-hydrogen) atoms. The third-order valence-corrected chi connectivity index (χ3v) is 4.04. The van der Waals surface area contributed by atoms with Gasteiger partial charge in [-0.2, -0.15) is 0 Å². The van der Waals surface area contributed by atoms with Gasteiger partial charge < -0.3 is 0 Å². The number of hydrogen-bond acceptors (Lipinski definition) is 1. The van der Waals surface area contributed by atoms with Crippen LogP contribution in [0.5, 0.6) is 0 Å². The second-order valence-electron chi connectivity index (χ2n) is 5.93. The Bertz CT molecular complexity index is 578. The molecule has 0 aliphatic heterocycles. The van der Waals surface area contributed by atoms with Crippen molar-refractivity contribution < 1.29 is 4.79 Å². The Morgan fingerprint density at radius 2 is 1.18 bits per heavy atom. The van der Waals surface area contributed by atoms with Gasteiger partial charge in [0.05, 0.1) is 0 Å². The first kappa shape index (κ1) is 16.5. The normalized spacial score (nSPS) is 10.6. The smallest absolute Gasteiger partial charge is 0.193 e. The number of unbranched alkanes of at least 4 members (excludes halogenated alkanes) is 2. The van der Waals surface area contributed by atoms with Crippen LogP contribution in [0.25, 0.3) is 0 Å². The number of carbonyl (C=O) groups excluding carboxylic acids is 1. The molecule has 2 rings (SSSR count). The summed E-state index contributed by atoms with van der Waals surface area (Å²) < 4.78 is 0. The van der Waals surface area contributed by atoms with Gasteiger partial charge in [0.1, 0.15) is 0 Å². The zero-order valence-electron chi connectivity index (χ0n) is 13.8. The van der Waals surface area contributed by atoms with Gasteiger partial charge in [-0.25, -0.2) is 0 Å². The minimum absolute atomic E-state index is 0.114. The topological polar surface area (TPSA) is 17.1 Å². The first-order valence-corrected chi connectivity index (χ1v) is 8.47. The Balaban J connectivity index is 2.02. The van der Waals surface area contributed by atoms with Gasteiger partial charge >= 0.3 is 0 Å². The number of hydrogen-bond donors (Lipinski definition) is 0. The van der Waals surface area contributed by atoms with Gasteiger partial charge in [-0.1, -0.05) is 81.6 Å². The second kappa shape index (κ2) is 8.53. The van der Waals surface area contributed by atoms with Gasteiger partial charge in [-0.3, -0.25) is 4.79 Å². The average molecular weight is 294 g/mol. The van der Waals surface area contributed by atoms with Crippen molar-refractivity contribution in [3.05, 3.63) is 70.8 Å². The van der Waals surface area contributed by atoms with Crippen LogP contribution in [0.2, 0.25) is 0 Å². The average Bonchev–Trinajstić information content (AvgIpc) is 2.56. The van der Waals surface area contributed by atoms with Gasteiger partial charge in [-0.15, -0.1) is 0 Å². The van der Waals surface area contributed by atoms with Crippen molar-refractivity contribution in [2.75, 3.05) is 0 Å². The van der Waals surface area contributed by atoms with E-state index in [0.717, 1.165) is 30.4 Å². The van der Waals surface area contributed by atoms with Gasteiger partial charge in [-0.05, 0) is 30.4 Å². The highest BCUT2D eigenvalue weighted by Gasteiger charge is 2.08. The fourth-order valence-electron chi connectivity index (χ4n) is 2.68. The Hall–Kier alpha value is -1.89. The molecule has 0 radical (unpaired) electrons. The lowest BCUT2D eigenvalue weighted by Crippen LogP contribution is -2.01. The van der Waals surface area contributed by atoms with Gasteiger partial charge in [0.15, 0.2) is 5.78 Å². The van der Waals surface area contributed by atoms with E-state index in [-0.39, 0.29) is 5.78 Å². The number of rotatable bonds is 8. The van der Waals surface area contributed by atoms with Gasteiger partial charge in [0.2, 0.25) is 0 Å². The fourth-order valence-corrected chi connectivity index (χ4v) is 2.68. The van der Waals surface area contributed by atoms with Crippen LogP contribution >= 0.6 is 0 Å². The molecule has 0 aliphatic carbocycles. The van der Waals surface area contributed by atoms with Crippen molar-refractivity contribution in [3.8, 4) is 0 Å². The van der Waals surface area contributed by atoms with Gasteiger partial charge in [0, 0.05) is 11.1 Å². The van der Waals surface area contributed by atoms with Crippen molar-refractivity contribution >= 4 is 5.78 Å². The van der Waals surface area contributed by atoms with Gasteiger partial charge in [0.25, 0.3) is 0 Å². The van der Waals surface area contributed by atoms with E-state index in [1.807, 2.05) is 24.3 Å². The summed E-state index contributed by atoms with van der Waals surface area (Å²) >= 11 is 0. The minimum Gasteiger partial charge on any atom is -0.289 e. The molecule has 0 aliphatic rings. The monoisotopic (exact) mass is 294 g/mol. The highest BCUT2D eigenvalue weighted by Crippen LogP contribution is 2.14. The Morgan fingerprint density at radius 1 is 0.682 bits per heavy atom. The number of carbonyl (C=O) groups is 1. The van der Waals surface area contributed by atoms with Crippen LogP contribution in [0, 0.1) is 0 Å². The van der Waals surface area contributed by atoms with Crippen LogP contribution in [0.4, 0.5) is 0 Å². The third-order valence-electron chi connectivity index (χ3n) is 4.04. The molecule has 2 aromatic carbocycles. The van der Waals surface area contributed by atoms with Crippen molar-refractivity contribution in [1.82, 2.24) is 0 Å². The van der Waals surface area contributed by atoms with Crippen LogP contribution in [0.1, 0.15) is 66.6 Å². The summed E-state index contributed by atoms with van der Waals surface area (Å²) in [5, 5.41) is 0. The SMILES string of the molecule is CCCCCc1ccc(C(=O)c2ccc(CCC)cc2)cc1. The predicted molar refractivity (Wildman–Crippen MR) is 93.5 cm³/mol. The number of aryl methyl sites for hydroxylation is 2. The first-order valence-electron chi connectivity index (χ1n) is 8.47. The van der Waals surface area contributed by atoms with E-state index in [1.54, 1.807) is 0 Å². The molecule has 0 bridgehead atoms. The molecule has 116 valence electrons. The molecule has 0 atom stereocenters. The summed E-state index contributed by atoms with van der Waals surface area (Å²) in [6.07, 6.45) is 7.04. The molecule has 0 spiro atoms. The minimum atomic E-state index is 0.114. The highest BCUT2D eigenvalue weighted by molar-refractivity contribution is 6.08. The molecule has 0 heterocycles. The summed E-state index contributed by atoms with van der Waals surface area (Å²) in [6.45, 7) is 4.38. The van der Waals surface area contributed by atoms with Crippen molar-refractivity contribution in [2.24, 2.45) is 0 Å². The second-order valence-corrected chi connectivity index (χ2v) is 5.93. The number of ketones is 1. The maximum atomic E-state index is 12.5. The predicted octanol–water partition coefficient (Wildman–Crippen LogP) is 5.60. The summed E-state index contributed by atoms with van der Waals surface area (Å²) in [6, 6.07) is 16.1. The molecule has 2 aromatic rings. The molecule has 0 saturated heterocycles. The Labute approximate surface area is 134 Å². The van der Waals surface area contributed by atoms with E-state index >= 15 is 0 Å².